The lowest BCUT2D eigenvalue weighted by Gasteiger charge is -2.23. The summed E-state index contributed by atoms with van der Waals surface area (Å²) in [5.41, 5.74) is 1.55. The van der Waals surface area contributed by atoms with Gasteiger partial charge in [0.1, 0.15) is 0 Å². The molecular weight excluding hydrogens is 293 g/mol. The zero-order valence-electron chi connectivity index (χ0n) is 13.4. The van der Waals surface area contributed by atoms with Gasteiger partial charge >= 0.3 is 6.18 Å². The highest BCUT2D eigenvalue weighted by Gasteiger charge is 2.27. The van der Waals surface area contributed by atoms with Crippen molar-refractivity contribution in [1.29, 1.82) is 0 Å². The fourth-order valence-electron chi connectivity index (χ4n) is 2.08. The zero-order valence-corrected chi connectivity index (χ0v) is 13.4. The first-order valence-corrected chi connectivity index (χ1v) is 7.14. The van der Waals surface area contributed by atoms with Gasteiger partial charge in [-0.05, 0) is 24.1 Å². The number of benzene rings is 1. The normalized spacial score (nSPS) is 12.5. The van der Waals surface area contributed by atoms with Gasteiger partial charge in [-0.1, -0.05) is 39.0 Å². The molecule has 0 heterocycles. The number of amides is 1. The Morgan fingerprint density at radius 2 is 1.77 bits per heavy atom. The number of carbonyl (C=O) groups excluding carboxylic acids is 1. The third-order valence-corrected chi connectivity index (χ3v) is 3.20. The van der Waals surface area contributed by atoms with E-state index in [1.165, 1.54) is 11.9 Å². The molecular formula is C16H23F3N2O. The molecule has 1 amide bonds. The van der Waals surface area contributed by atoms with E-state index in [2.05, 4.69) is 5.32 Å². The lowest BCUT2D eigenvalue weighted by Crippen LogP contribution is -2.33. The number of para-hydroxylation sites is 1. The van der Waals surface area contributed by atoms with E-state index < -0.39 is 12.6 Å². The number of hydrogen-bond donors (Lipinski definition) is 1. The summed E-state index contributed by atoms with van der Waals surface area (Å²) in [6, 6.07) is 7.45. The van der Waals surface area contributed by atoms with E-state index in [9.17, 15) is 18.0 Å². The predicted octanol–water partition coefficient (Wildman–Crippen LogP) is 3.81. The largest absolute Gasteiger partial charge is 0.390 e. The number of hydrogen-bond acceptors (Lipinski definition) is 2. The van der Waals surface area contributed by atoms with E-state index in [0.29, 0.717) is 5.69 Å². The van der Waals surface area contributed by atoms with Gasteiger partial charge in [0.25, 0.3) is 0 Å². The summed E-state index contributed by atoms with van der Waals surface area (Å²) in [5, 5.41) is 2.78. The first kappa shape index (κ1) is 18.5. The average Bonchev–Trinajstić information content (AvgIpc) is 2.34. The van der Waals surface area contributed by atoms with Gasteiger partial charge in [0.2, 0.25) is 5.91 Å². The highest BCUT2D eigenvalue weighted by atomic mass is 19.4. The van der Waals surface area contributed by atoms with Crippen LogP contribution in [0.5, 0.6) is 0 Å². The summed E-state index contributed by atoms with van der Waals surface area (Å²) < 4.78 is 36.5. The summed E-state index contributed by atoms with van der Waals surface area (Å²) in [4.78, 5) is 13.4. The number of alkyl halides is 3. The van der Waals surface area contributed by atoms with Crippen molar-refractivity contribution in [2.24, 2.45) is 0 Å². The van der Waals surface area contributed by atoms with E-state index in [-0.39, 0.29) is 24.4 Å². The fourth-order valence-corrected chi connectivity index (χ4v) is 2.08. The molecule has 1 N–H and O–H groups in total. The maximum atomic E-state index is 12.2. The van der Waals surface area contributed by atoms with Crippen LogP contribution in [-0.4, -0.2) is 37.1 Å². The van der Waals surface area contributed by atoms with Gasteiger partial charge in [0.15, 0.2) is 0 Å². The molecule has 0 radical (unpaired) electrons. The monoisotopic (exact) mass is 316 g/mol. The minimum absolute atomic E-state index is 0.0748. The SMILES string of the molecule is CN(CCC(F)(F)F)CC(=O)Nc1ccccc1C(C)(C)C. The molecule has 0 aliphatic heterocycles. The topological polar surface area (TPSA) is 32.3 Å². The Hall–Kier alpha value is -1.56. The van der Waals surface area contributed by atoms with Crippen LogP contribution in [0.15, 0.2) is 24.3 Å². The predicted molar refractivity (Wildman–Crippen MR) is 81.9 cm³/mol. The standard InChI is InChI=1S/C16H23F3N2O/c1-15(2,3)12-7-5-6-8-13(12)20-14(22)11-21(4)10-9-16(17,18)19/h5-8H,9-11H2,1-4H3,(H,20,22). The second-order valence-electron chi connectivity index (χ2n) is 6.45. The van der Waals surface area contributed by atoms with Crippen LogP contribution in [0.2, 0.25) is 0 Å². The zero-order chi connectivity index (χ0) is 17.0. The summed E-state index contributed by atoms with van der Waals surface area (Å²) >= 11 is 0. The molecule has 0 saturated heterocycles. The fraction of sp³-hybridized carbons (Fsp3) is 0.562. The van der Waals surface area contributed by atoms with Crippen LogP contribution in [0.4, 0.5) is 18.9 Å². The molecule has 1 rings (SSSR count). The molecule has 0 aliphatic carbocycles. The molecule has 0 spiro atoms. The van der Waals surface area contributed by atoms with Crippen LogP contribution in [0, 0.1) is 0 Å². The Bertz CT molecular complexity index is 507. The Morgan fingerprint density at radius 1 is 1.18 bits per heavy atom. The van der Waals surface area contributed by atoms with Crippen LogP contribution in [-0.2, 0) is 10.2 Å². The summed E-state index contributed by atoms with van der Waals surface area (Å²) in [6.07, 6.45) is -5.13. The van der Waals surface area contributed by atoms with E-state index in [1.807, 2.05) is 39.0 Å². The number of likely N-dealkylation sites (N-methyl/N-ethyl adjacent to an activating group) is 1. The Balaban J connectivity index is 2.63. The average molecular weight is 316 g/mol. The number of nitrogens with zero attached hydrogens (tertiary/aromatic N) is 1. The lowest BCUT2D eigenvalue weighted by molar-refractivity contribution is -0.138. The minimum atomic E-state index is -4.20. The number of rotatable bonds is 5. The third kappa shape index (κ3) is 6.47. The molecule has 1 aromatic carbocycles. The quantitative estimate of drug-likeness (QED) is 0.896. The summed E-state index contributed by atoms with van der Waals surface area (Å²) in [7, 11) is 1.50. The first-order chi connectivity index (χ1) is 9.99. The van der Waals surface area contributed by atoms with Crippen molar-refractivity contribution in [1.82, 2.24) is 4.90 Å². The first-order valence-electron chi connectivity index (χ1n) is 7.14. The highest BCUT2D eigenvalue weighted by Crippen LogP contribution is 2.29. The van der Waals surface area contributed by atoms with Crippen LogP contribution in [0.1, 0.15) is 32.8 Å². The van der Waals surface area contributed by atoms with E-state index in [0.717, 1.165) is 5.56 Å². The second-order valence-corrected chi connectivity index (χ2v) is 6.45. The molecule has 124 valence electrons. The highest BCUT2D eigenvalue weighted by molar-refractivity contribution is 5.93. The number of carbonyl (C=O) groups is 1. The molecule has 0 bridgehead atoms. The molecule has 3 nitrogen and oxygen atoms in total. The smallest absolute Gasteiger partial charge is 0.325 e. The Labute approximate surface area is 129 Å². The van der Waals surface area contributed by atoms with Crippen LogP contribution < -0.4 is 5.32 Å². The van der Waals surface area contributed by atoms with Gasteiger partial charge in [-0.15, -0.1) is 0 Å². The Kier molecular flexibility index (Phi) is 6.00. The van der Waals surface area contributed by atoms with Gasteiger partial charge in [-0.2, -0.15) is 13.2 Å². The van der Waals surface area contributed by atoms with Crippen molar-refractivity contribution < 1.29 is 18.0 Å². The van der Waals surface area contributed by atoms with E-state index in [1.54, 1.807) is 6.07 Å². The number of halogens is 3. The molecule has 1 aromatic rings. The molecule has 0 aromatic heterocycles. The van der Waals surface area contributed by atoms with E-state index in [4.69, 9.17) is 0 Å². The number of anilines is 1. The second kappa shape index (κ2) is 7.13. The van der Waals surface area contributed by atoms with Crippen molar-refractivity contribution in [3.63, 3.8) is 0 Å². The van der Waals surface area contributed by atoms with Gasteiger partial charge in [0.05, 0.1) is 13.0 Å². The van der Waals surface area contributed by atoms with E-state index >= 15 is 0 Å². The van der Waals surface area contributed by atoms with Crippen molar-refractivity contribution in [2.45, 2.75) is 38.8 Å². The van der Waals surface area contributed by atoms with Crippen molar-refractivity contribution in [3.05, 3.63) is 29.8 Å². The summed E-state index contributed by atoms with van der Waals surface area (Å²) in [5.74, 6) is -0.318. The molecule has 0 unspecified atom stereocenters. The molecule has 22 heavy (non-hydrogen) atoms. The van der Waals surface area contributed by atoms with Crippen LogP contribution in [0.3, 0.4) is 0 Å². The molecule has 0 atom stereocenters. The molecule has 0 fully saturated rings. The van der Waals surface area contributed by atoms with Crippen molar-refractivity contribution >= 4 is 11.6 Å². The van der Waals surface area contributed by atoms with Gasteiger partial charge in [0, 0.05) is 12.2 Å². The van der Waals surface area contributed by atoms with Gasteiger partial charge < -0.3 is 5.32 Å². The maximum Gasteiger partial charge on any atom is 0.390 e. The molecule has 0 aliphatic rings. The maximum absolute atomic E-state index is 12.2. The number of nitrogens with one attached hydrogen (secondary N) is 1. The van der Waals surface area contributed by atoms with Crippen LogP contribution in [0.25, 0.3) is 0 Å². The van der Waals surface area contributed by atoms with Gasteiger partial charge in [-0.3, -0.25) is 9.69 Å². The molecule has 0 saturated carbocycles. The van der Waals surface area contributed by atoms with Gasteiger partial charge in [-0.25, -0.2) is 0 Å². The minimum Gasteiger partial charge on any atom is -0.325 e. The van der Waals surface area contributed by atoms with Crippen molar-refractivity contribution in [3.8, 4) is 0 Å². The summed E-state index contributed by atoms with van der Waals surface area (Å²) in [6.45, 7) is 5.83. The van der Waals surface area contributed by atoms with Crippen LogP contribution >= 0.6 is 0 Å². The van der Waals surface area contributed by atoms with Crippen molar-refractivity contribution in [2.75, 3.05) is 25.5 Å². The lowest BCUT2D eigenvalue weighted by atomic mass is 9.86. The third-order valence-electron chi connectivity index (χ3n) is 3.20. The Morgan fingerprint density at radius 3 is 2.32 bits per heavy atom. The molecule has 6 heteroatoms.